The second-order valence-corrected chi connectivity index (χ2v) is 8.04. The van der Waals surface area contributed by atoms with E-state index in [2.05, 4.69) is 18.7 Å². The van der Waals surface area contributed by atoms with E-state index in [1.165, 1.54) is 0 Å². The molecule has 0 spiro atoms. The number of carbonyl (C=O) groups is 2. The van der Waals surface area contributed by atoms with E-state index in [1.54, 1.807) is 4.90 Å². The maximum atomic E-state index is 12.8. The molecule has 1 saturated heterocycles. The largest absolute Gasteiger partial charge is 0.489 e. The molecule has 2 amide bonds. The SMILES string of the molecule is CC(C)CN(C)C(=O)CC1COc2ccc(C(=O)N3CCOCC3)cc2N1C. The lowest BCUT2D eigenvalue weighted by atomic mass is 10.1. The summed E-state index contributed by atoms with van der Waals surface area (Å²) in [4.78, 5) is 31.0. The molecule has 0 aliphatic carbocycles. The highest BCUT2D eigenvalue weighted by Crippen LogP contribution is 2.35. The normalized spacial score (nSPS) is 19.2. The summed E-state index contributed by atoms with van der Waals surface area (Å²) in [6.45, 7) is 7.78. The molecule has 1 fully saturated rings. The number of rotatable bonds is 5. The summed E-state index contributed by atoms with van der Waals surface area (Å²) in [7, 11) is 3.81. The van der Waals surface area contributed by atoms with Crippen molar-refractivity contribution in [2.75, 3.05) is 58.5 Å². The van der Waals surface area contributed by atoms with Crippen LogP contribution in [-0.2, 0) is 9.53 Å². The molecule has 1 aromatic carbocycles. The first-order valence-electron chi connectivity index (χ1n) is 9.97. The van der Waals surface area contributed by atoms with Gasteiger partial charge in [-0.15, -0.1) is 0 Å². The lowest BCUT2D eigenvalue weighted by Crippen LogP contribution is -2.45. The van der Waals surface area contributed by atoms with Crippen molar-refractivity contribution in [2.24, 2.45) is 5.92 Å². The Labute approximate surface area is 167 Å². The highest BCUT2D eigenvalue weighted by molar-refractivity contribution is 5.96. The number of morpholine rings is 1. The van der Waals surface area contributed by atoms with Crippen LogP contribution in [0.5, 0.6) is 5.75 Å². The molecule has 154 valence electrons. The summed E-state index contributed by atoms with van der Waals surface area (Å²) in [6.07, 6.45) is 0.390. The van der Waals surface area contributed by atoms with Crippen molar-refractivity contribution in [1.82, 2.24) is 9.80 Å². The van der Waals surface area contributed by atoms with Crippen LogP contribution >= 0.6 is 0 Å². The van der Waals surface area contributed by atoms with Crippen LogP contribution in [0.25, 0.3) is 0 Å². The summed E-state index contributed by atoms with van der Waals surface area (Å²) in [6, 6.07) is 5.49. The Morgan fingerprint density at radius 1 is 1.25 bits per heavy atom. The Balaban J connectivity index is 1.71. The molecular weight excluding hydrogens is 358 g/mol. The standard InChI is InChI=1S/C21H31N3O4/c1-15(2)13-22(3)20(25)12-17-14-28-19-6-5-16(11-18(19)23(17)4)21(26)24-7-9-27-10-8-24/h5-6,11,15,17H,7-10,12-14H2,1-4H3. The first-order valence-corrected chi connectivity index (χ1v) is 9.97. The van der Waals surface area contributed by atoms with Gasteiger partial charge in [0.15, 0.2) is 0 Å². The van der Waals surface area contributed by atoms with E-state index < -0.39 is 0 Å². The highest BCUT2D eigenvalue weighted by Gasteiger charge is 2.29. The van der Waals surface area contributed by atoms with Crippen LogP contribution in [0.1, 0.15) is 30.6 Å². The van der Waals surface area contributed by atoms with E-state index in [-0.39, 0.29) is 17.9 Å². The van der Waals surface area contributed by atoms with Crippen molar-refractivity contribution in [3.63, 3.8) is 0 Å². The maximum absolute atomic E-state index is 12.8. The molecule has 2 heterocycles. The van der Waals surface area contributed by atoms with Crippen molar-refractivity contribution in [3.8, 4) is 5.75 Å². The van der Waals surface area contributed by atoms with Crippen molar-refractivity contribution in [2.45, 2.75) is 26.3 Å². The van der Waals surface area contributed by atoms with Gasteiger partial charge in [0, 0.05) is 39.3 Å². The molecule has 1 unspecified atom stereocenters. The quantitative estimate of drug-likeness (QED) is 0.769. The zero-order chi connectivity index (χ0) is 20.3. The fourth-order valence-corrected chi connectivity index (χ4v) is 3.69. The maximum Gasteiger partial charge on any atom is 0.254 e. The van der Waals surface area contributed by atoms with Crippen LogP contribution in [0.15, 0.2) is 18.2 Å². The van der Waals surface area contributed by atoms with E-state index in [0.29, 0.717) is 50.8 Å². The Kier molecular flexibility index (Phi) is 6.44. The summed E-state index contributed by atoms with van der Waals surface area (Å²) in [5.41, 5.74) is 1.50. The van der Waals surface area contributed by atoms with Crippen LogP contribution in [0, 0.1) is 5.92 Å². The van der Waals surface area contributed by atoms with Crippen LogP contribution in [0.2, 0.25) is 0 Å². The summed E-state index contributed by atoms with van der Waals surface area (Å²) in [5.74, 6) is 1.30. The summed E-state index contributed by atoms with van der Waals surface area (Å²) >= 11 is 0. The van der Waals surface area contributed by atoms with Gasteiger partial charge in [-0.25, -0.2) is 0 Å². The fraction of sp³-hybridized carbons (Fsp3) is 0.619. The summed E-state index contributed by atoms with van der Waals surface area (Å²) < 4.78 is 11.2. The number of amides is 2. The predicted octanol–water partition coefficient (Wildman–Crippen LogP) is 1.86. The number of ether oxygens (including phenoxy) is 2. The average molecular weight is 389 g/mol. The molecule has 3 rings (SSSR count). The molecule has 0 radical (unpaired) electrons. The third kappa shape index (κ3) is 4.58. The molecule has 0 saturated carbocycles. The third-order valence-electron chi connectivity index (χ3n) is 5.34. The molecule has 1 aromatic rings. The van der Waals surface area contributed by atoms with Crippen LogP contribution in [0.4, 0.5) is 5.69 Å². The van der Waals surface area contributed by atoms with Crippen molar-refractivity contribution in [1.29, 1.82) is 0 Å². The van der Waals surface area contributed by atoms with Gasteiger partial charge in [-0.3, -0.25) is 9.59 Å². The number of hydrogen-bond donors (Lipinski definition) is 0. The molecule has 7 nitrogen and oxygen atoms in total. The minimum Gasteiger partial charge on any atom is -0.489 e. The summed E-state index contributed by atoms with van der Waals surface area (Å²) in [5, 5.41) is 0. The molecule has 7 heteroatoms. The van der Waals surface area contributed by atoms with Gasteiger partial charge in [-0.05, 0) is 24.1 Å². The number of fused-ring (bicyclic) bond motifs is 1. The molecular formula is C21H31N3O4. The van der Waals surface area contributed by atoms with Gasteiger partial charge >= 0.3 is 0 Å². The number of benzene rings is 1. The van der Waals surface area contributed by atoms with Crippen LogP contribution < -0.4 is 9.64 Å². The molecule has 0 aromatic heterocycles. The monoisotopic (exact) mass is 389 g/mol. The lowest BCUT2D eigenvalue weighted by molar-refractivity contribution is -0.130. The zero-order valence-corrected chi connectivity index (χ0v) is 17.3. The molecule has 0 N–H and O–H groups in total. The minimum atomic E-state index is -0.0525. The Morgan fingerprint density at radius 3 is 2.64 bits per heavy atom. The number of anilines is 1. The number of carbonyl (C=O) groups excluding carboxylic acids is 2. The van der Waals surface area contributed by atoms with Gasteiger partial charge in [-0.1, -0.05) is 13.8 Å². The van der Waals surface area contributed by atoms with E-state index >= 15 is 0 Å². The lowest BCUT2D eigenvalue weighted by Gasteiger charge is -2.36. The second-order valence-electron chi connectivity index (χ2n) is 8.04. The van der Waals surface area contributed by atoms with E-state index in [9.17, 15) is 9.59 Å². The minimum absolute atomic E-state index is 0.00867. The van der Waals surface area contributed by atoms with Crippen molar-refractivity contribution in [3.05, 3.63) is 23.8 Å². The Bertz CT molecular complexity index is 716. The third-order valence-corrected chi connectivity index (χ3v) is 5.34. The molecule has 1 atom stereocenters. The van der Waals surface area contributed by atoms with Crippen LogP contribution in [0.3, 0.4) is 0 Å². The van der Waals surface area contributed by atoms with Gasteiger partial charge in [0.05, 0.1) is 31.4 Å². The van der Waals surface area contributed by atoms with Gasteiger partial charge < -0.3 is 24.2 Å². The van der Waals surface area contributed by atoms with E-state index in [0.717, 1.165) is 18.0 Å². The topological polar surface area (TPSA) is 62.3 Å². The highest BCUT2D eigenvalue weighted by atomic mass is 16.5. The molecule has 28 heavy (non-hydrogen) atoms. The van der Waals surface area contributed by atoms with Gasteiger partial charge in [0.1, 0.15) is 12.4 Å². The Hall–Kier alpha value is -2.28. The molecule has 0 bridgehead atoms. The van der Waals surface area contributed by atoms with Crippen molar-refractivity contribution < 1.29 is 19.1 Å². The van der Waals surface area contributed by atoms with Gasteiger partial charge in [0.25, 0.3) is 5.91 Å². The van der Waals surface area contributed by atoms with Gasteiger partial charge in [-0.2, -0.15) is 0 Å². The smallest absolute Gasteiger partial charge is 0.254 e. The van der Waals surface area contributed by atoms with E-state index in [4.69, 9.17) is 9.47 Å². The average Bonchev–Trinajstić information content (AvgIpc) is 2.69. The first-order chi connectivity index (χ1) is 13.4. The predicted molar refractivity (Wildman–Crippen MR) is 108 cm³/mol. The first kappa shape index (κ1) is 20.5. The molecule has 2 aliphatic heterocycles. The molecule has 2 aliphatic rings. The van der Waals surface area contributed by atoms with E-state index in [1.807, 2.05) is 37.2 Å². The number of hydrogen-bond acceptors (Lipinski definition) is 5. The second kappa shape index (κ2) is 8.82. The zero-order valence-electron chi connectivity index (χ0n) is 17.3. The Morgan fingerprint density at radius 2 is 1.96 bits per heavy atom. The van der Waals surface area contributed by atoms with Gasteiger partial charge in [0.2, 0.25) is 5.91 Å². The van der Waals surface area contributed by atoms with Crippen molar-refractivity contribution >= 4 is 17.5 Å². The number of nitrogens with zero attached hydrogens (tertiary/aromatic N) is 3. The number of likely N-dealkylation sites (N-methyl/N-ethyl adjacent to an activating group) is 1. The fourth-order valence-electron chi connectivity index (χ4n) is 3.69. The van der Waals surface area contributed by atoms with Crippen LogP contribution in [-0.4, -0.2) is 81.2 Å².